The van der Waals surface area contributed by atoms with Crippen molar-refractivity contribution in [3.63, 3.8) is 0 Å². The molecule has 0 aliphatic carbocycles. The summed E-state index contributed by atoms with van der Waals surface area (Å²) < 4.78 is 10.9. The van der Waals surface area contributed by atoms with E-state index in [1.165, 1.54) is 5.56 Å². The summed E-state index contributed by atoms with van der Waals surface area (Å²) in [7, 11) is 0. The predicted molar refractivity (Wildman–Crippen MR) is 67.7 cm³/mol. The molecule has 0 amide bonds. The van der Waals surface area contributed by atoms with Crippen molar-refractivity contribution in [1.29, 1.82) is 0 Å². The van der Waals surface area contributed by atoms with E-state index in [1.54, 1.807) is 6.20 Å². The van der Waals surface area contributed by atoms with Crippen LogP contribution in [0, 0.1) is 0 Å². The van der Waals surface area contributed by atoms with Crippen LogP contribution in [0.3, 0.4) is 0 Å². The van der Waals surface area contributed by atoms with Gasteiger partial charge >= 0.3 is 0 Å². The fourth-order valence-corrected chi connectivity index (χ4v) is 1.56. The van der Waals surface area contributed by atoms with Crippen LogP contribution in [0.15, 0.2) is 24.5 Å². The largest absolute Gasteiger partial charge is 0.352 e. The summed E-state index contributed by atoms with van der Waals surface area (Å²) in [6, 6.07) is 4.24. The Morgan fingerprint density at radius 2 is 2.00 bits per heavy atom. The van der Waals surface area contributed by atoms with E-state index in [0.29, 0.717) is 19.8 Å². The minimum atomic E-state index is -0.177. The maximum atomic E-state index is 5.47. The predicted octanol–water partition coefficient (Wildman–Crippen LogP) is 2.13. The highest BCUT2D eigenvalue weighted by molar-refractivity contribution is 5.12. The number of nitrogens with one attached hydrogen (secondary N) is 1. The summed E-state index contributed by atoms with van der Waals surface area (Å²) in [5.41, 5.74) is 1.17. The number of nitrogens with zero attached hydrogens (tertiary/aromatic N) is 1. The quantitative estimate of drug-likeness (QED) is 0.705. The molecule has 1 aromatic rings. The Balaban J connectivity index is 2.38. The van der Waals surface area contributed by atoms with Crippen LogP contribution in [0.2, 0.25) is 0 Å². The van der Waals surface area contributed by atoms with Gasteiger partial charge in [0.2, 0.25) is 0 Å². The van der Waals surface area contributed by atoms with Gasteiger partial charge in [0.05, 0.1) is 0 Å². The van der Waals surface area contributed by atoms with Gasteiger partial charge < -0.3 is 14.8 Å². The SMILES string of the molecule is CCOC(CNC(C)c1cccnc1)OCC. The van der Waals surface area contributed by atoms with Crippen molar-refractivity contribution in [3.8, 4) is 0 Å². The van der Waals surface area contributed by atoms with Crippen LogP contribution in [-0.2, 0) is 9.47 Å². The molecular weight excluding hydrogens is 216 g/mol. The van der Waals surface area contributed by atoms with Crippen LogP contribution in [0.4, 0.5) is 0 Å². The lowest BCUT2D eigenvalue weighted by Crippen LogP contribution is -2.33. The molecule has 1 rings (SSSR count). The highest BCUT2D eigenvalue weighted by Crippen LogP contribution is 2.09. The first-order chi connectivity index (χ1) is 8.27. The van der Waals surface area contributed by atoms with Crippen LogP contribution in [0.25, 0.3) is 0 Å². The maximum Gasteiger partial charge on any atom is 0.169 e. The molecule has 0 fully saturated rings. The molecule has 1 atom stereocenters. The van der Waals surface area contributed by atoms with E-state index in [2.05, 4.69) is 23.3 Å². The van der Waals surface area contributed by atoms with Crippen LogP contribution in [0.5, 0.6) is 0 Å². The van der Waals surface area contributed by atoms with Crippen molar-refractivity contribution in [1.82, 2.24) is 10.3 Å². The normalized spacial score (nSPS) is 12.9. The van der Waals surface area contributed by atoms with E-state index in [0.717, 1.165) is 0 Å². The molecule has 0 saturated heterocycles. The van der Waals surface area contributed by atoms with Crippen molar-refractivity contribution >= 4 is 0 Å². The minimum Gasteiger partial charge on any atom is -0.352 e. The second kappa shape index (κ2) is 8.17. The standard InChI is InChI=1S/C13H22N2O2/c1-4-16-13(17-5-2)10-15-11(3)12-7-6-8-14-9-12/h6-9,11,13,15H,4-5,10H2,1-3H3. The number of pyridine rings is 1. The van der Waals surface area contributed by atoms with Crippen LogP contribution < -0.4 is 5.32 Å². The number of rotatable bonds is 8. The molecule has 0 aliphatic rings. The second-order valence-corrected chi connectivity index (χ2v) is 3.76. The molecular formula is C13H22N2O2. The fraction of sp³-hybridized carbons (Fsp3) is 0.615. The summed E-state index contributed by atoms with van der Waals surface area (Å²) in [6.45, 7) is 8.04. The third-order valence-corrected chi connectivity index (χ3v) is 2.48. The third kappa shape index (κ3) is 5.26. The van der Waals surface area contributed by atoms with Gasteiger partial charge in [-0.3, -0.25) is 4.98 Å². The summed E-state index contributed by atoms with van der Waals surface area (Å²) in [5, 5.41) is 3.38. The summed E-state index contributed by atoms with van der Waals surface area (Å²) in [4.78, 5) is 4.10. The average Bonchev–Trinajstić information content (AvgIpc) is 2.37. The zero-order valence-electron chi connectivity index (χ0n) is 10.8. The highest BCUT2D eigenvalue weighted by atomic mass is 16.7. The third-order valence-electron chi connectivity index (χ3n) is 2.48. The van der Waals surface area contributed by atoms with Crippen LogP contribution in [0.1, 0.15) is 32.4 Å². The lowest BCUT2D eigenvalue weighted by molar-refractivity contribution is -0.133. The monoisotopic (exact) mass is 238 g/mol. The molecule has 1 N–H and O–H groups in total. The smallest absolute Gasteiger partial charge is 0.169 e. The average molecular weight is 238 g/mol. The van der Waals surface area contributed by atoms with Gasteiger partial charge in [-0.05, 0) is 32.4 Å². The first kappa shape index (κ1) is 14.1. The molecule has 4 heteroatoms. The molecule has 0 bridgehead atoms. The molecule has 0 aliphatic heterocycles. The van der Waals surface area contributed by atoms with Gasteiger partial charge in [-0.1, -0.05) is 6.07 Å². The summed E-state index contributed by atoms with van der Waals surface area (Å²) in [5.74, 6) is 0. The van der Waals surface area contributed by atoms with E-state index in [1.807, 2.05) is 26.1 Å². The Morgan fingerprint density at radius 3 is 2.53 bits per heavy atom. The number of ether oxygens (including phenoxy) is 2. The Bertz CT molecular complexity index is 287. The van der Waals surface area contributed by atoms with E-state index >= 15 is 0 Å². The number of hydrogen-bond acceptors (Lipinski definition) is 4. The van der Waals surface area contributed by atoms with Crippen LogP contribution in [-0.4, -0.2) is 31.0 Å². The number of aromatic nitrogens is 1. The van der Waals surface area contributed by atoms with E-state index < -0.39 is 0 Å². The Morgan fingerprint density at radius 1 is 1.29 bits per heavy atom. The molecule has 1 aromatic heterocycles. The molecule has 0 saturated carbocycles. The molecule has 0 spiro atoms. The number of hydrogen-bond donors (Lipinski definition) is 1. The van der Waals surface area contributed by atoms with Crippen molar-refractivity contribution in [2.75, 3.05) is 19.8 Å². The molecule has 0 aromatic carbocycles. The van der Waals surface area contributed by atoms with Crippen LogP contribution >= 0.6 is 0 Å². The minimum absolute atomic E-state index is 0.177. The first-order valence-electron chi connectivity index (χ1n) is 6.14. The molecule has 0 radical (unpaired) electrons. The molecule has 1 unspecified atom stereocenters. The van der Waals surface area contributed by atoms with Gasteiger partial charge in [0.1, 0.15) is 0 Å². The second-order valence-electron chi connectivity index (χ2n) is 3.76. The summed E-state index contributed by atoms with van der Waals surface area (Å²) >= 11 is 0. The van der Waals surface area contributed by atoms with Gasteiger partial charge in [0.15, 0.2) is 6.29 Å². The first-order valence-corrected chi connectivity index (χ1v) is 6.14. The van der Waals surface area contributed by atoms with Crippen molar-refractivity contribution < 1.29 is 9.47 Å². The maximum absolute atomic E-state index is 5.47. The van der Waals surface area contributed by atoms with Crippen molar-refractivity contribution in [2.45, 2.75) is 33.1 Å². The molecule has 17 heavy (non-hydrogen) atoms. The lowest BCUT2D eigenvalue weighted by atomic mass is 10.1. The van der Waals surface area contributed by atoms with Gasteiger partial charge in [0.25, 0.3) is 0 Å². The fourth-order valence-electron chi connectivity index (χ4n) is 1.56. The topological polar surface area (TPSA) is 43.4 Å². The zero-order valence-corrected chi connectivity index (χ0v) is 10.8. The molecule has 1 heterocycles. The van der Waals surface area contributed by atoms with Gasteiger partial charge in [-0.2, -0.15) is 0 Å². The van der Waals surface area contributed by atoms with Crippen molar-refractivity contribution in [3.05, 3.63) is 30.1 Å². The van der Waals surface area contributed by atoms with E-state index in [-0.39, 0.29) is 12.3 Å². The lowest BCUT2D eigenvalue weighted by Gasteiger charge is -2.20. The Labute approximate surface area is 103 Å². The van der Waals surface area contributed by atoms with Gasteiger partial charge in [-0.15, -0.1) is 0 Å². The van der Waals surface area contributed by atoms with Crippen molar-refractivity contribution in [2.24, 2.45) is 0 Å². The molecule has 96 valence electrons. The Hall–Kier alpha value is -0.970. The van der Waals surface area contributed by atoms with E-state index in [9.17, 15) is 0 Å². The van der Waals surface area contributed by atoms with E-state index in [4.69, 9.17) is 9.47 Å². The van der Waals surface area contributed by atoms with Gasteiger partial charge in [-0.25, -0.2) is 0 Å². The summed E-state index contributed by atoms with van der Waals surface area (Å²) in [6.07, 6.45) is 3.47. The zero-order chi connectivity index (χ0) is 12.5. The molecule has 4 nitrogen and oxygen atoms in total. The van der Waals surface area contributed by atoms with Gasteiger partial charge in [0, 0.05) is 38.2 Å². The Kier molecular flexibility index (Phi) is 6.77. The highest BCUT2D eigenvalue weighted by Gasteiger charge is 2.10.